The van der Waals surface area contributed by atoms with E-state index in [1.165, 1.54) is 17.7 Å². The molecule has 0 atom stereocenters. The van der Waals surface area contributed by atoms with Gasteiger partial charge in [-0.15, -0.1) is 11.3 Å². The number of rotatable bonds is 6. The summed E-state index contributed by atoms with van der Waals surface area (Å²) < 4.78 is 1.15. The minimum atomic E-state index is 0.553. The molecule has 2 heterocycles. The summed E-state index contributed by atoms with van der Waals surface area (Å²) in [4.78, 5) is 10.7. The minimum Gasteiger partial charge on any atom is -0.370 e. The van der Waals surface area contributed by atoms with E-state index in [2.05, 4.69) is 56.8 Å². The molecule has 0 aliphatic heterocycles. The molecule has 2 N–H and O–H groups in total. The van der Waals surface area contributed by atoms with E-state index in [1.807, 2.05) is 0 Å². The fourth-order valence-corrected chi connectivity index (χ4v) is 3.62. The molecule has 0 amide bonds. The standard InChI is InChI=1S/C15H19BrN4S/c1-3-17-13-9(2)14(20-15(19-13)10-4-5-10)18-8-12-11(16)6-7-21-12/h6-7,10H,3-5,8H2,1-2H3,(H2,17,18,19,20). The molecule has 6 heteroatoms. The highest BCUT2D eigenvalue weighted by Gasteiger charge is 2.28. The second-order valence-electron chi connectivity index (χ2n) is 5.25. The number of anilines is 2. The molecule has 1 fully saturated rings. The van der Waals surface area contributed by atoms with Gasteiger partial charge in [0.15, 0.2) is 0 Å². The molecular weight excluding hydrogens is 348 g/mol. The lowest BCUT2D eigenvalue weighted by molar-refractivity contribution is 0.909. The number of hydrogen-bond acceptors (Lipinski definition) is 5. The molecule has 0 spiro atoms. The minimum absolute atomic E-state index is 0.553. The molecule has 1 aliphatic rings. The van der Waals surface area contributed by atoms with Gasteiger partial charge in [-0.25, -0.2) is 9.97 Å². The van der Waals surface area contributed by atoms with Crippen molar-refractivity contribution in [2.45, 2.75) is 39.2 Å². The Hall–Kier alpha value is -1.14. The zero-order valence-corrected chi connectivity index (χ0v) is 14.6. The summed E-state index contributed by atoms with van der Waals surface area (Å²) in [6.45, 7) is 5.82. The highest BCUT2D eigenvalue weighted by atomic mass is 79.9. The van der Waals surface area contributed by atoms with Crippen LogP contribution in [0.1, 0.15) is 41.9 Å². The molecule has 2 aromatic rings. The molecule has 2 aromatic heterocycles. The third kappa shape index (κ3) is 3.37. The lowest BCUT2D eigenvalue weighted by Crippen LogP contribution is -2.10. The lowest BCUT2D eigenvalue weighted by atomic mass is 10.2. The normalized spacial score (nSPS) is 14.2. The number of thiophene rings is 1. The molecule has 1 aliphatic carbocycles. The summed E-state index contributed by atoms with van der Waals surface area (Å²) >= 11 is 5.31. The van der Waals surface area contributed by atoms with Crippen molar-refractivity contribution in [3.8, 4) is 0 Å². The van der Waals surface area contributed by atoms with Crippen LogP contribution in [-0.2, 0) is 6.54 Å². The summed E-state index contributed by atoms with van der Waals surface area (Å²) in [5, 5.41) is 8.90. The molecule has 21 heavy (non-hydrogen) atoms. The summed E-state index contributed by atoms with van der Waals surface area (Å²) in [5.41, 5.74) is 1.09. The van der Waals surface area contributed by atoms with Gasteiger partial charge in [-0.3, -0.25) is 0 Å². The monoisotopic (exact) mass is 366 g/mol. The van der Waals surface area contributed by atoms with Crippen molar-refractivity contribution in [2.24, 2.45) is 0 Å². The van der Waals surface area contributed by atoms with Crippen LogP contribution in [0.15, 0.2) is 15.9 Å². The van der Waals surface area contributed by atoms with Crippen molar-refractivity contribution in [2.75, 3.05) is 17.2 Å². The number of nitrogens with one attached hydrogen (secondary N) is 2. The molecule has 112 valence electrons. The van der Waals surface area contributed by atoms with Crippen LogP contribution in [0.4, 0.5) is 11.6 Å². The van der Waals surface area contributed by atoms with Gasteiger partial charge in [0, 0.05) is 27.4 Å². The SMILES string of the molecule is CCNc1nc(C2CC2)nc(NCc2sccc2Br)c1C. The van der Waals surface area contributed by atoms with Crippen LogP contribution in [0.2, 0.25) is 0 Å². The van der Waals surface area contributed by atoms with E-state index >= 15 is 0 Å². The molecule has 4 nitrogen and oxygen atoms in total. The second kappa shape index (κ2) is 6.32. The Morgan fingerprint density at radius 3 is 2.57 bits per heavy atom. The van der Waals surface area contributed by atoms with Gasteiger partial charge < -0.3 is 10.6 Å². The highest BCUT2D eigenvalue weighted by molar-refractivity contribution is 9.10. The molecule has 0 bridgehead atoms. The van der Waals surface area contributed by atoms with Crippen LogP contribution in [0, 0.1) is 6.92 Å². The van der Waals surface area contributed by atoms with E-state index in [0.717, 1.165) is 40.6 Å². The zero-order valence-electron chi connectivity index (χ0n) is 12.2. The molecular formula is C15H19BrN4S. The van der Waals surface area contributed by atoms with Crippen LogP contribution in [0.5, 0.6) is 0 Å². The van der Waals surface area contributed by atoms with E-state index in [9.17, 15) is 0 Å². The molecule has 0 saturated heterocycles. The van der Waals surface area contributed by atoms with Gasteiger partial charge in [-0.05, 0) is 54.1 Å². The lowest BCUT2D eigenvalue weighted by Gasteiger charge is -2.14. The second-order valence-corrected chi connectivity index (χ2v) is 7.11. The van der Waals surface area contributed by atoms with Crippen molar-refractivity contribution < 1.29 is 0 Å². The van der Waals surface area contributed by atoms with E-state index < -0.39 is 0 Å². The maximum Gasteiger partial charge on any atom is 0.136 e. The first-order valence-corrected chi connectivity index (χ1v) is 8.94. The smallest absolute Gasteiger partial charge is 0.136 e. The molecule has 3 rings (SSSR count). The first-order chi connectivity index (χ1) is 10.2. The van der Waals surface area contributed by atoms with Crippen LogP contribution in [0.3, 0.4) is 0 Å². The van der Waals surface area contributed by atoms with Crippen molar-refractivity contribution in [1.82, 2.24) is 9.97 Å². The Kier molecular flexibility index (Phi) is 4.45. The number of halogens is 1. The van der Waals surface area contributed by atoms with E-state index in [1.54, 1.807) is 11.3 Å². The Morgan fingerprint density at radius 1 is 1.29 bits per heavy atom. The molecule has 0 aromatic carbocycles. The van der Waals surface area contributed by atoms with Crippen molar-refractivity contribution >= 4 is 38.9 Å². The quantitative estimate of drug-likeness (QED) is 0.788. The largest absolute Gasteiger partial charge is 0.370 e. The predicted octanol–water partition coefficient (Wildman–Crippen LogP) is 4.53. The fraction of sp³-hybridized carbons (Fsp3) is 0.467. The van der Waals surface area contributed by atoms with Crippen molar-refractivity contribution in [3.05, 3.63) is 32.2 Å². The Labute approximate surface area is 137 Å². The number of aromatic nitrogens is 2. The predicted molar refractivity (Wildman–Crippen MR) is 92.3 cm³/mol. The number of nitrogens with zero attached hydrogens (tertiary/aromatic N) is 2. The van der Waals surface area contributed by atoms with Gasteiger partial charge in [0.25, 0.3) is 0 Å². The maximum atomic E-state index is 4.73. The Balaban J connectivity index is 1.83. The first kappa shape index (κ1) is 14.8. The van der Waals surface area contributed by atoms with Gasteiger partial charge >= 0.3 is 0 Å². The van der Waals surface area contributed by atoms with Crippen LogP contribution in [-0.4, -0.2) is 16.5 Å². The topological polar surface area (TPSA) is 49.8 Å². The van der Waals surface area contributed by atoms with Crippen molar-refractivity contribution in [1.29, 1.82) is 0 Å². The van der Waals surface area contributed by atoms with Gasteiger partial charge in [0.2, 0.25) is 0 Å². The average molecular weight is 367 g/mol. The Morgan fingerprint density at radius 2 is 2.00 bits per heavy atom. The fourth-order valence-electron chi connectivity index (χ4n) is 2.18. The average Bonchev–Trinajstić information content (AvgIpc) is 3.24. The summed E-state index contributed by atoms with van der Waals surface area (Å²) in [6.07, 6.45) is 2.43. The van der Waals surface area contributed by atoms with E-state index in [0.29, 0.717) is 5.92 Å². The third-order valence-electron chi connectivity index (χ3n) is 3.56. The summed E-state index contributed by atoms with van der Waals surface area (Å²) in [6, 6.07) is 2.08. The van der Waals surface area contributed by atoms with Gasteiger partial charge in [0.05, 0.1) is 6.54 Å². The van der Waals surface area contributed by atoms with Crippen LogP contribution < -0.4 is 10.6 Å². The zero-order chi connectivity index (χ0) is 14.8. The van der Waals surface area contributed by atoms with Gasteiger partial charge in [-0.1, -0.05) is 0 Å². The van der Waals surface area contributed by atoms with Crippen LogP contribution in [0.25, 0.3) is 0 Å². The first-order valence-electron chi connectivity index (χ1n) is 7.27. The Bertz CT molecular complexity index is 637. The van der Waals surface area contributed by atoms with E-state index in [4.69, 9.17) is 4.98 Å². The third-order valence-corrected chi connectivity index (χ3v) is 5.48. The maximum absolute atomic E-state index is 4.73. The molecule has 0 radical (unpaired) electrons. The van der Waals surface area contributed by atoms with Crippen LogP contribution >= 0.6 is 27.3 Å². The summed E-state index contributed by atoms with van der Waals surface area (Å²) in [7, 11) is 0. The number of hydrogen-bond donors (Lipinski definition) is 2. The van der Waals surface area contributed by atoms with E-state index in [-0.39, 0.29) is 0 Å². The molecule has 1 saturated carbocycles. The van der Waals surface area contributed by atoms with Gasteiger partial charge in [0.1, 0.15) is 17.5 Å². The van der Waals surface area contributed by atoms with Crippen molar-refractivity contribution in [3.63, 3.8) is 0 Å². The summed E-state index contributed by atoms with van der Waals surface area (Å²) in [5.74, 6) is 3.44. The van der Waals surface area contributed by atoms with Gasteiger partial charge in [-0.2, -0.15) is 0 Å². The molecule has 0 unspecified atom stereocenters. The highest BCUT2D eigenvalue weighted by Crippen LogP contribution is 2.39.